The van der Waals surface area contributed by atoms with E-state index in [2.05, 4.69) is 15.6 Å². The summed E-state index contributed by atoms with van der Waals surface area (Å²) in [6.45, 7) is 6.77. The van der Waals surface area contributed by atoms with Gasteiger partial charge in [-0.05, 0) is 13.8 Å². The first-order valence-electron chi connectivity index (χ1n) is 5.54. The summed E-state index contributed by atoms with van der Waals surface area (Å²) in [5.74, 6) is 0. The molecule has 2 N–H and O–H groups in total. The van der Waals surface area contributed by atoms with Gasteiger partial charge in [0, 0.05) is 19.3 Å². The Morgan fingerprint density at radius 3 is 3.06 bits per heavy atom. The van der Waals surface area contributed by atoms with Crippen LogP contribution in [0.5, 0.6) is 0 Å². The fourth-order valence-corrected chi connectivity index (χ4v) is 1.21. The molecule has 0 amide bonds. The Balaban J connectivity index is 2.12. The lowest BCUT2D eigenvalue weighted by Crippen LogP contribution is -2.21. The van der Waals surface area contributed by atoms with Crippen LogP contribution in [-0.4, -0.2) is 46.0 Å². The van der Waals surface area contributed by atoms with Gasteiger partial charge in [0.25, 0.3) is 0 Å². The van der Waals surface area contributed by atoms with Gasteiger partial charge in [-0.1, -0.05) is 5.21 Å². The van der Waals surface area contributed by atoms with Crippen molar-refractivity contribution in [2.75, 3.05) is 19.8 Å². The zero-order valence-corrected chi connectivity index (χ0v) is 9.89. The first-order chi connectivity index (χ1) is 7.72. The number of hydrogen-bond donors (Lipinski definition) is 2. The third-order valence-corrected chi connectivity index (χ3v) is 1.95. The molecular formula is C10H20N4O2. The minimum absolute atomic E-state index is 0.0818. The summed E-state index contributed by atoms with van der Waals surface area (Å²) in [4.78, 5) is 0. The number of nitrogens with zero attached hydrogens (tertiary/aromatic N) is 3. The normalized spacial score (nSPS) is 11.2. The average molecular weight is 228 g/mol. The van der Waals surface area contributed by atoms with E-state index in [1.165, 1.54) is 0 Å². The maximum absolute atomic E-state index is 8.71. The second-order valence-corrected chi connectivity index (χ2v) is 3.79. The van der Waals surface area contributed by atoms with E-state index in [1.807, 2.05) is 20.0 Å². The number of ether oxygens (including phenoxy) is 1. The molecule has 0 atom stereocenters. The van der Waals surface area contributed by atoms with E-state index in [0.29, 0.717) is 19.7 Å². The summed E-state index contributed by atoms with van der Waals surface area (Å²) in [6, 6.07) is 0. The minimum atomic E-state index is 0.0818. The van der Waals surface area contributed by atoms with Gasteiger partial charge in [-0.3, -0.25) is 0 Å². The van der Waals surface area contributed by atoms with Crippen molar-refractivity contribution in [1.29, 1.82) is 0 Å². The van der Waals surface area contributed by atoms with Crippen molar-refractivity contribution in [2.45, 2.75) is 33.0 Å². The van der Waals surface area contributed by atoms with Crippen LogP contribution in [-0.2, 0) is 17.8 Å². The van der Waals surface area contributed by atoms with Gasteiger partial charge >= 0.3 is 0 Å². The molecule has 0 aromatic carbocycles. The molecular weight excluding hydrogens is 208 g/mol. The molecule has 16 heavy (non-hydrogen) atoms. The van der Waals surface area contributed by atoms with Crippen molar-refractivity contribution in [3.8, 4) is 0 Å². The highest BCUT2D eigenvalue weighted by molar-refractivity contribution is 4.91. The van der Waals surface area contributed by atoms with Crippen molar-refractivity contribution < 1.29 is 9.84 Å². The van der Waals surface area contributed by atoms with E-state index in [4.69, 9.17) is 9.84 Å². The molecule has 0 unspecified atom stereocenters. The van der Waals surface area contributed by atoms with Crippen molar-refractivity contribution in [3.63, 3.8) is 0 Å². The highest BCUT2D eigenvalue weighted by atomic mass is 16.5. The molecule has 1 aromatic rings. The lowest BCUT2D eigenvalue weighted by Gasteiger charge is -2.07. The van der Waals surface area contributed by atoms with Gasteiger partial charge in [-0.15, -0.1) is 5.10 Å². The highest BCUT2D eigenvalue weighted by Crippen LogP contribution is 1.92. The van der Waals surface area contributed by atoms with Gasteiger partial charge in [0.2, 0.25) is 0 Å². The Hall–Kier alpha value is -0.980. The fraction of sp³-hybridized carbons (Fsp3) is 0.800. The first kappa shape index (κ1) is 13.1. The molecule has 0 fully saturated rings. The summed E-state index contributed by atoms with van der Waals surface area (Å²) in [7, 11) is 0. The Morgan fingerprint density at radius 2 is 2.38 bits per heavy atom. The summed E-state index contributed by atoms with van der Waals surface area (Å²) in [6.07, 6.45) is 2.10. The van der Waals surface area contributed by atoms with E-state index in [0.717, 1.165) is 12.2 Å². The topological polar surface area (TPSA) is 72.2 Å². The Bertz CT molecular complexity index is 288. The molecule has 0 bridgehead atoms. The molecule has 0 saturated heterocycles. The SMILES string of the molecule is CC(C)OCCNCc1cn(CCO)nn1. The quantitative estimate of drug-likeness (QED) is 0.602. The van der Waals surface area contributed by atoms with Gasteiger partial charge in [0.1, 0.15) is 0 Å². The number of aliphatic hydroxyl groups is 1. The second kappa shape index (κ2) is 7.32. The van der Waals surface area contributed by atoms with Crippen LogP contribution in [0, 0.1) is 0 Å². The van der Waals surface area contributed by atoms with Crippen LogP contribution in [0.4, 0.5) is 0 Å². The summed E-state index contributed by atoms with van der Waals surface area (Å²) >= 11 is 0. The van der Waals surface area contributed by atoms with Crippen LogP contribution < -0.4 is 5.32 Å². The zero-order valence-electron chi connectivity index (χ0n) is 9.89. The summed E-state index contributed by atoms with van der Waals surface area (Å²) < 4.78 is 7.01. The van der Waals surface area contributed by atoms with Crippen molar-refractivity contribution in [1.82, 2.24) is 20.3 Å². The number of rotatable bonds is 8. The van der Waals surface area contributed by atoms with Crippen LogP contribution in [0.15, 0.2) is 6.20 Å². The van der Waals surface area contributed by atoms with E-state index in [1.54, 1.807) is 4.68 Å². The van der Waals surface area contributed by atoms with Crippen molar-refractivity contribution in [3.05, 3.63) is 11.9 Å². The van der Waals surface area contributed by atoms with Gasteiger partial charge in [0.05, 0.1) is 31.6 Å². The zero-order chi connectivity index (χ0) is 11.8. The Kier molecular flexibility index (Phi) is 5.99. The minimum Gasteiger partial charge on any atom is -0.394 e. The number of nitrogens with one attached hydrogen (secondary N) is 1. The average Bonchev–Trinajstić information content (AvgIpc) is 2.65. The predicted octanol–water partition coefficient (Wildman–Crippen LogP) is -0.215. The molecule has 6 heteroatoms. The molecule has 1 rings (SSSR count). The highest BCUT2D eigenvalue weighted by Gasteiger charge is 1.99. The Morgan fingerprint density at radius 1 is 1.56 bits per heavy atom. The molecule has 1 heterocycles. The summed E-state index contributed by atoms with van der Waals surface area (Å²) in [5, 5.41) is 19.7. The van der Waals surface area contributed by atoms with E-state index in [9.17, 15) is 0 Å². The molecule has 0 aliphatic rings. The van der Waals surface area contributed by atoms with Crippen molar-refractivity contribution in [2.24, 2.45) is 0 Å². The van der Waals surface area contributed by atoms with Crippen LogP contribution in [0.1, 0.15) is 19.5 Å². The van der Waals surface area contributed by atoms with Gasteiger partial charge in [0.15, 0.2) is 0 Å². The van der Waals surface area contributed by atoms with Gasteiger partial charge < -0.3 is 15.2 Å². The molecule has 0 aliphatic heterocycles. The molecule has 1 aromatic heterocycles. The summed E-state index contributed by atoms with van der Waals surface area (Å²) in [5.41, 5.74) is 0.873. The van der Waals surface area contributed by atoms with Crippen LogP contribution in [0.25, 0.3) is 0 Å². The van der Waals surface area contributed by atoms with Crippen molar-refractivity contribution >= 4 is 0 Å². The van der Waals surface area contributed by atoms with Gasteiger partial charge in [-0.25, -0.2) is 4.68 Å². The van der Waals surface area contributed by atoms with E-state index < -0.39 is 0 Å². The lowest BCUT2D eigenvalue weighted by atomic mass is 10.4. The standard InChI is InChI=1S/C10H20N4O2/c1-9(2)16-6-3-11-7-10-8-14(4-5-15)13-12-10/h8-9,11,15H,3-7H2,1-2H3. The number of aliphatic hydroxyl groups excluding tert-OH is 1. The molecule has 0 spiro atoms. The third-order valence-electron chi connectivity index (χ3n) is 1.95. The Labute approximate surface area is 95.6 Å². The molecule has 0 aliphatic carbocycles. The molecule has 6 nitrogen and oxygen atoms in total. The second-order valence-electron chi connectivity index (χ2n) is 3.79. The molecule has 0 radical (unpaired) electrons. The first-order valence-corrected chi connectivity index (χ1v) is 5.54. The molecule has 92 valence electrons. The predicted molar refractivity (Wildman–Crippen MR) is 59.9 cm³/mol. The lowest BCUT2D eigenvalue weighted by molar-refractivity contribution is 0.0806. The van der Waals surface area contributed by atoms with E-state index >= 15 is 0 Å². The third kappa shape index (κ3) is 5.20. The number of hydrogen-bond acceptors (Lipinski definition) is 5. The maximum atomic E-state index is 8.71. The largest absolute Gasteiger partial charge is 0.394 e. The van der Waals surface area contributed by atoms with Gasteiger partial charge in [-0.2, -0.15) is 0 Å². The van der Waals surface area contributed by atoms with Crippen LogP contribution in [0.2, 0.25) is 0 Å². The smallest absolute Gasteiger partial charge is 0.0964 e. The maximum Gasteiger partial charge on any atom is 0.0964 e. The fourth-order valence-electron chi connectivity index (χ4n) is 1.21. The van der Waals surface area contributed by atoms with E-state index in [-0.39, 0.29) is 12.7 Å². The van der Waals surface area contributed by atoms with Crippen LogP contribution in [0.3, 0.4) is 0 Å². The monoisotopic (exact) mass is 228 g/mol. The molecule has 0 saturated carbocycles. The number of aromatic nitrogens is 3. The van der Waals surface area contributed by atoms with Crippen LogP contribution >= 0.6 is 0 Å².